The van der Waals surface area contributed by atoms with Crippen molar-refractivity contribution in [2.45, 2.75) is 173 Å². The Balaban J connectivity index is 1.51. The molecule has 3 aliphatic heterocycles. The first-order chi connectivity index (χ1) is 30.4. The second-order valence-corrected chi connectivity index (χ2v) is 19.0. The number of carbonyl (C=O) groups is 4. The lowest BCUT2D eigenvalue weighted by molar-refractivity contribution is -0.302. The number of para-hydroxylation sites is 1. The summed E-state index contributed by atoms with van der Waals surface area (Å²) < 4.78 is 52.8. The van der Waals surface area contributed by atoms with Crippen molar-refractivity contribution in [1.29, 1.82) is 0 Å². The standard InChI is InChI=1S/C50H74FNO12/c1-11-35-23-29(3)44(51)30(4)24-42(60-9)46-43(61-10)25-32(6)50(58,64-46)47(55)48(56)52-21-15-14-17-36(52)49(57)63-45(33(7)37(53)27-38(35)54)31(5)22-34-19-20-40(41(26-34)59-8)62-39-18-13-12-16-28(39)2/h12-13,16,18,22-23,30,32-37,40-46,53,58H,11,14-15,17,19-21,24-27H2,1-10H3/b29-23+,31-22?. The fourth-order valence-electron chi connectivity index (χ4n) is 10.3. The number of aliphatic hydroxyl groups excluding tert-OH is 1. The number of aryl methyl sites for hydroxylation is 1. The summed E-state index contributed by atoms with van der Waals surface area (Å²) in [5.41, 5.74) is 2.01. The molecule has 15 atom stereocenters. The van der Waals surface area contributed by atoms with Gasteiger partial charge in [0.05, 0.1) is 24.4 Å². The predicted octanol–water partition coefficient (Wildman–Crippen LogP) is 6.82. The lowest BCUT2D eigenvalue weighted by atomic mass is 9.81. The van der Waals surface area contributed by atoms with Crippen molar-refractivity contribution in [1.82, 2.24) is 4.90 Å². The number of allylic oxidation sites excluding steroid dienone is 3. The Morgan fingerprint density at radius 1 is 0.922 bits per heavy atom. The normalized spacial score (nSPS) is 38.9. The van der Waals surface area contributed by atoms with Crippen LogP contribution in [0.25, 0.3) is 0 Å². The highest BCUT2D eigenvalue weighted by atomic mass is 19.1. The monoisotopic (exact) mass is 900 g/mol. The molecule has 1 amide bonds. The average Bonchev–Trinajstić information content (AvgIpc) is 3.29. The van der Waals surface area contributed by atoms with E-state index >= 15 is 4.39 Å². The number of hydrogen-bond donors (Lipinski definition) is 2. The van der Waals surface area contributed by atoms with E-state index in [2.05, 4.69) is 0 Å². The Hall–Kier alpha value is -3.53. The number of ketones is 2. The lowest BCUT2D eigenvalue weighted by Gasteiger charge is -2.47. The number of carbonyl (C=O) groups excluding carboxylic acids is 4. The molecule has 1 aromatic rings. The average molecular weight is 900 g/mol. The SMILES string of the molecule is CCC1/C=C(\C)C(F)C(C)CC(OC)C2OC(O)(C(=O)C(=O)N3CCCCC3C(=O)OC(C(C)=CC3CCC(Oc4ccccc4C)C(OC)C3)C(C)C(O)CC1=O)C(C)CC2OC. The van der Waals surface area contributed by atoms with Gasteiger partial charge in [0.1, 0.15) is 42.1 Å². The van der Waals surface area contributed by atoms with Crippen molar-refractivity contribution < 1.29 is 62.2 Å². The third kappa shape index (κ3) is 11.7. The number of Topliss-reactive ketones (excluding diaryl/α,β-unsaturated/α-hetero) is 2. The molecule has 1 aromatic carbocycles. The molecule has 5 rings (SSSR count). The molecule has 0 radical (unpaired) electrons. The topological polar surface area (TPSA) is 167 Å². The fraction of sp³-hybridized carbons (Fsp3) is 0.720. The van der Waals surface area contributed by atoms with Crippen LogP contribution in [0.5, 0.6) is 5.75 Å². The number of aliphatic hydroxyl groups is 2. The van der Waals surface area contributed by atoms with E-state index in [1.807, 2.05) is 51.1 Å². The van der Waals surface area contributed by atoms with Gasteiger partial charge >= 0.3 is 5.97 Å². The molecule has 15 unspecified atom stereocenters. The Morgan fingerprint density at radius 3 is 2.25 bits per heavy atom. The number of esters is 1. The number of rotatable bonds is 8. The molecule has 1 saturated carbocycles. The van der Waals surface area contributed by atoms with Crippen molar-refractivity contribution >= 4 is 23.4 Å². The molecule has 2 bridgehead atoms. The van der Waals surface area contributed by atoms with Crippen molar-refractivity contribution in [3.63, 3.8) is 0 Å². The van der Waals surface area contributed by atoms with Gasteiger partial charge in [0.15, 0.2) is 0 Å². The van der Waals surface area contributed by atoms with Gasteiger partial charge < -0.3 is 43.5 Å². The summed E-state index contributed by atoms with van der Waals surface area (Å²) in [5, 5.41) is 23.9. The van der Waals surface area contributed by atoms with Gasteiger partial charge in [-0.2, -0.15) is 0 Å². The van der Waals surface area contributed by atoms with Crippen LogP contribution in [-0.4, -0.2) is 127 Å². The molecule has 4 aliphatic rings. The number of amides is 1. The molecule has 0 spiro atoms. The predicted molar refractivity (Wildman–Crippen MR) is 238 cm³/mol. The molecule has 14 heteroatoms. The number of hydrogen-bond acceptors (Lipinski definition) is 12. The van der Waals surface area contributed by atoms with Crippen LogP contribution < -0.4 is 4.74 Å². The van der Waals surface area contributed by atoms with E-state index in [0.29, 0.717) is 43.3 Å². The van der Waals surface area contributed by atoms with Gasteiger partial charge in [-0.15, -0.1) is 0 Å². The summed E-state index contributed by atoms with van der Waals surface area (Å²) >= 11 is 0. The first-order valence-corrected chi connectivity index (χ1v) is 23.4. The van der Waals surface area contributed by atoms with Crippen molar-refractivity contribution in [3.05, 3.63) is 53.1 Å². The number of methoxy groups -OCH3 is 3. The molecular weight excluding hydrogens is 826 g/mol. The molecule has 2 N–H and O–H groups in total. The van der Waals surface area contributed by atoms with E-state index in [0.717, 1.165) is 22.6 Å². The molecule has 358 valence electrons. The highest BCUT2D eigenvalue weighted by Crippen LogP contribution is 2.40. The van der Waals surface area contributed by atoms with Crippen LogP contribution in [0.1, 0.15) is 111 Å². The molecule has 0 aromatic heterocycles. The van der Waals surface area contributed by atoms with Gasteiger partial charge in [0, 0.05) is 52.0 Å². The summed E-state index contributed by atoms with van der Waals surface area (Å²) in [6.45, 7) is 12.3. The summed E-state index contributed by atoms with van der Waals surface area (Å²) in [6, 6.07) is 6.66. The van der Waals surface area contributed by atoms with Gasteiger partial charge in [-0.05, 0) is 113 Å². The molecule has 64 heavy (non-hydrogen) atoms. The Morgan fingerprint density at radius 2 is 1.59 bits per heavy atom. The number of nitrogens with zero attached hydrogens (tertiary/aromatic N) is 1. The van der Waals surface area contributed by atoms with Crippen LogP contribution >= 0.6 is 0 Å². The number of halogens is 1. The number of ether oxygens (including phenoxy) is 6. The van der Waals surface area contributed by atoms with Crippen LogP contribution in [0.4, 0.5) is 4.39 Å². The van der Waals surface area contributed by atoms with Crippen molar-refractivity contribution in [2.24, 2.45) is 29.6 Å². The Bertz CT molecular complexity index is 1840. The maximum atomic E-state index is 16.3. The van der Waals surface area contributed by atoms with Gasteiger partial charge in [0.2, 0.25) is 5.79 Å². The maximum absolute atomic E-state index is 16.3. The Labute approximate surface area is 379 Å². The van der Waals surface area contributed by atoms with Crippen molar-refractivity contribution in [2.75, 3.05) is 27.9 Å². The molecule has 13 nitrogen and oxygen atoms in total. The van der Waals surface area contributed by atoms with Crippen LogP contribution in [0.15, 0.2) is 47.6 Å². The third-order valence-corrected chi connectivity index (χ3v) is 14.5. The number of cyclic esters (lactones) is 1. The quantitative estimate of drug-likeness (QED) is 0.159. The zero-order valence-electron chi connectivity index (χ0n) is 39.6. The van der Waals surface area contributed by atoms with E-state index < -0.39 is 89.9 Å². The van der Waals surface area contributed by atoms with Gasteiger partial charge in [-0.25, -0.2) is 9.18 Å². The van der Waals surface area contributed by atoms with E-state index in [9.17, 15) is 29.4 Å². The van der Waals surface area contributed by atoms with E-state index in [1.54, 1.807) is 40.9 Å². The fourth-order valence-corrected chi connectivity index (χ4v) is 10.3. The van der Waals surface area contributed by atoms with Crippen molar-refractivity contribution in [3.8, 4) is 5.75 Å². The lowest BCUT2D eigenvalue weighted by Crippen LogP contribution is -2.64. The van der Waals surface area contributed by atoms with Crippen LogP contribution in [-0.2, 0) is 42.9 Å². The van der Waals surface area contributed by atoms with E-state index in [-0.39, 0.29) is 56.1 Å². The summed E-state index contributed by atoms with van der Waals surface area (Å²) in [6.07, 6.45) is 0.484. The number of benzene rings is 1. The zero-order chi connectivity index (χ0) is 47.0. The smallest absolute Gasteiger partial charge is 0.329 e. The minimum absolute atomic E-state index is 0.00652. The second-order valence-electron chi connectivity index (χ2n) is 19.0. The molecular formula is C50H74FNO12. The summed E-state index contributed by atoms with van der Waals surface area (Å²) in [4.78, 5) is 58.2. The van der Waals surface area contributed by atoms with Crippen LogP contribution in [0, 0.1) is 36.5 Å². The summed E-state index contributed by atoms with van der Waals surface area (Å²) in [7, 11) is 4.55. The largest absolute Gasteiger partial charge is 0.487 e. The molecule has 1 aliphatic carbocycles. The maximum Gasteiger partial charge on any atom is 0.329 e. The zero-order valence-corrected chi connectivity index (χ0v) is 39.6. The molecule has 3 heterocycles. The van der Waals surface area contributed by atoms with E-state index in [1.165, 1.54) is 14.2 Å². The second kappa shape index (κ2) is 22.8. The van der Waals surface area contributed by atoms with Crippen LogP contribution in [0.2, 0.25) is 0 Å². The van der Waals surface area contributed by atoms with Gasteiger partial charge in [-0.1, -0.05) is 58.0 Å². The minimum Gasteiger partial charge on any atom is -0.487 e. The van der Waals surface area contributed by atoms with Crippen LogP contribution in [0.3, 0.4) is 0 Å². The number of alkyl halides is 1. The highest BCUT2D eigenvalue weighted by Gasteiger charge is 2.57. The molecule has 2 saturated heterocycles. The first kappa shape index (κ1) is 51.5. The van der Waals surface area contributed by atoms with Gasteiger partial charge in [0.25, 0.3) is 11.7 Å². The first-order valence-electron chi connectivity index (χ1n) is 23.4. The minimum atomic E-state index is -2.61. The molecule has 3 fully saturated rings. The Kier molecular flexibility index (Phi) is 18.3. The van der Waals surface area contributed by atoms with E-state index in [4.69, 9.17) is 28.4 Å². The number of fused-ring (bicyclic) bond motifs is 3. The summed E-state index contributed by atoms with van der Waals surface area (Å²) in [5.74, 6) is -8.24. The highest BCUT2D eigenvalue weighted by molar-refractivity contribution is 6.39. The van der Waals surface area contributed by atoms with Gasteiger partial charge in [-0.3, -0.25) is 14.4 Å². The number of piperidine rings is 1. The third-order valence-electron chi connectivity index (χ3n) is 14.5.